The van der Waals surface area contributed by atoms with Crippen LogP contribution in [0.3, 0.4) is 0 Å². The molecule has 0 atom stereocenters. The number of carbonyl (C=O) groups excluding carboxylic acids is 1. The summed E-state index contributed by atoms with van der Waals surface area (Å²) in [6.07, 6.45) is 0. The van der Waals surface area contributed by atoms with Crippen molar-refractivity contribution in [1.29, 1.82) is 0 Å². The van der Waals surface area contributed by atoms with Gasteiger partial charge in [0.05, 0.1) is 24.3 Å². The van der Waals surface area contributed by atoms with Crippen molar-refractivity contribution in [2.45, 2.75) is 6.54 Å². The third-order valence-electron chi connectivity index (χ3n) is 3.78. The van der Waals surface area contributed by atoms with E-state index in [4.69, 9.17) is 9.47 Å². The molecule has 2 aromatic carbocycles. The first kappa shape index (κ1) is 19.3. The second-order valence-electron chi connectivity index (χ2n) is 5.66. The Labute approximate surface area is 164 Å². The van der Waals surface area contributed by atoms with Gasteiger partial charge in [-0.2, -0.15) is 0 Å². The molecule has 3 rings (SSSR count). The highest BCUT2D eigenvalue weighted by atomic mass is 32.1. The van der Waals surface area contributed by atoms with Gasteiger partial charge < -0.3 is 14.8 Å². The molecule has 1 N–H and O–H groups in total. The zero-order chi connectivity index (χ0) is 19.9. The number of methoxy groups -OCH3 is 1. The number of nitro benzene ring substituents is 1. The van der Waals surface area contributed by atoms with Crippen LogP contribution in [0.4, 0.5) is 5.69 Å². The van der Waals surface area contributed by atoms with Crippen LogP contribution in [-0.4, -0.2) is 29.5 Å². The number of nitro groups is 1. The van der Waals surface area contributed by atoms with Crippen molar-refractivity contribution in [3.05, 3.63) is 69.7 Å². The van der Waals surface area contributed by atoms with Crippen molar-refractivity contribution >= 4 is 22.9 Å². The molecule has 0 fully saturated rings. The number of amides is 1. The summed E-state index contributed by atoms with van der Waals surface area (Å²) in [5.74, 6) is 0.432. The van der Waals surface area contributed by atoms with Gasteiger partial charge in [-0.15, -0.1) is 11.3 Å². The van der Waals surface area contributed by atoms with E-state index in [9.17, 15) is 14.9 Å². The lowest BCUT2D eigenvalue weighted by atomic mass is 10.2. The molecular weight excluding hydrogens is 382 g/mol. The smallest absolute Gasteiger partial charge is 0.310 e. The van der Waals surface area contributed by atoms with Gasteiger partial charge in [-0.05, 0) is 30.3 Å². The quantitative estimate of drug-likeness (QED) is 0.460. The molecule has 1 heterocycles. The molecule has 0 aliphatic heterocycles. The van der Waals surface area contributed by atoms with Crippen molar-refractivity contribution in [1.82, 2.24) is 10.3 Å². The maximum absolute atomic E-state index is 12.0. The van der Waals surface area contributed by atoms with E-state index in [1.54, 1.807) is 13.2 Å². The van der Waals surface area contributed by atoms with Gasteiger partial charge in [0.15, 0.2) is 12.4 Å². The van der Waals surface area contributed by atoms with Gasteiger partial charge in [0.25, 0.3) is 5.91 Å². The fourth-order valence-electron chi connectivity index (χ4n) is 2.37. The van der Waals surface area contributed by atoms with Crippen LogP contribution in [0.1, 0.15) is 5.69 Å². The highest BCUT2D eigenvalue weighted by molar-refractivity contribution is 7.13. The topological polar surface area (TPSA) is 104 Å². The van der Waals surface area contributed by atoms with E-state index in [1.165, 1.54) is 29.5 Å². The molecule has 0 spiro atoms. The molecule has 9 heteroatoms. The molecule has 0 aliphatic rings. The van der Waals surface area contributed by atoms with Crippen LogP contribution in [0.15, 0.2) is 53.9 Å². The van der Waals surface area contributed by atoms with E-state index in [0.717, 1.165) is 22.0 Å². The Hall–Kier alpha value is -3.46. The average Bonchev–Trinajstić information content (AvgIpc) is 3.20. The highest BCUT2D eigenvalue weighted by Crippen LogP contribution is 2.26. The van der Waals surface area contributed by atoms with Gasteiger partial charge >= 0.3 is 5.69 Å². The molecule has 28 heavy (non-hydrogen) atoms. The Kier molecular flexibility index (Phi) is 6.18. The predicted octanol–water partition coefficient (Wildman–Crippen LogP) is 3.42. The number of thiazole rings is 1. The highest BCUT2D eigenvalue weighted by Gasteiger charge is 2.15. The number of hydrogen-bond donors (Lipinski definition) is 1. The fraction of sp³-hybridized carbons (Fsp3) is 0.158. The first-order chi connectivity index (χ1) is 13.6. The lowest BCUT2D eigenvalue weighted by Gasteiger charge is -2.07. The lowest BCUT2D eigenvalue weighted by Crippen LogP contribution is -2.28. The number of rotatable bonds is 8. The van der Waals surface area contributed by atoms with Gasteiger partial charge in [-0.1, -0.05) is 12.1 Å². The fourth-order valence-corrected chi connectivity index (χ4v) is 3.19. The molecule has 0 saturated heterocycles. The summed E-state index contributed by atoms with van der Waals surface area (Å²) in [5.41, 5.74) is 1.50. The summed E-state index contributed by atoms with van der Waals surface area (Å²) in [4.78, 5) is 26.9. The number of nitrogens with one attached hydrogen (secondary N) is 1. The van der Waals surface area contributed by atoms with E-state index >= 15 is 0 Å². The molecule has 3 aromatic rings. The number of carbonyl (C=O) groups is 1. The Morgan fingerprint density at radius 1 is 1.21 bits per heavy atom. The van der Waals surface area contributed by atoms with E-state index in [2.05, 4.69) is 10.3 Å². The summed E-state index contributed by atoms with van der Waals surface area (Å²) >= 11 is 1.47. The van der Waals surface area contributed by atoms with E-state index in [1.807, 2.05) is 29.6 Å². The van der Waals surface area contributed by atoms with Crippen LogP contribution in [0.25, 0.3) is 10.6 Å². The van der Waals surface area contributed by atoms with E-state index < -0.39 is 10.8 Å². The second kappa shape index (κ2) is 8.96. The molecule has 0 saturated carbocycles. The largest absolute Gasteiger partial charge is 0.497 e. The first-order valence-corrected chi connectivity index (χ1v) is 9.16. The minimum atomic E-state index is -0.552. The van der Waals surface area contributed by atoms with Crippen LogP contribution in [0, 0.1) is 10.1 Å². The average molecular weight is 399 g/mol. The van der Waals surface area contributed by atoms with Gasteiger partial charge in [-0.25, -0.2) is 4.98 Å². The standard InChI is InChI=1S/C19H17N3O5S/c1-26-15-8-6-13(7-9-15)19-21-14(12-28-19)10-20-18(23)11-27-17-5-3-2-4-16(17)22(24)25/h2-9,12H,10-11H2,1H3,(H,20,23). The van der Waals surface area contributed by atoms with E-state index in [0.29, 0.717) is 0 Å². The molecule has 0 bridgehead atoms. The number of hydrogen-bond acceptors (Lipinski definition) is 7. The number of benzene rings is 2. The maximum Gasteiger partial charge on any atom is 0.310 e. The Morgan fingerprint density at radius 3 is 2.68 bits per heavy atom. The third-order valence-corrected chi connectivity index (χ3v) is 4.72. The van der Waals surface area contributed by atoms with Crippen molar-refractivity contribution in [2.75, 3.05) is 13.7 Å². The Bertz CT molecular complexity index is 972. The van der Waals surface area contributed by atoms with Gasteiger partial charge in [0.2, 0.25) is 0 Å². The zero-order valence-corrected chi connectivity index (χ0v) is 15.8. The van der Waals surface area contributed by atoms with Crippen molar-refractivity contribution in [2.24, 2.45) is 0 Å². The molecule has 0 radical (unpaired) electrons. The van der Waals surface area contributed by atoms with Crippen LogP contribution < -0.4 is 14.8 Å². The minimum Gasteiger partial charge on any atom is -0.497 e. The Balaban J connectivity index is 1.52. The normalized spacial score (nSPS) is 10.3. The SMILES string of the molecule is COc1ccc(-c2nc(CNC(=O)COc3ccccc3[N+](=O)[O-])cs2)cc1. The first-order valence-electron chi connectivity index (χ1n) is 8.28. The monoisotopic (exact) mass is 399 g/mol. The number of aromatic nitrogens is 1. The van der Waals surface area contributed by atoms with Gasteiger partial charge in [0, 0.05) is 17.0 Å². The summed E-state index contributed by atoms with van der Waals surface area (Å²) in [6.45, 7) is -0.0773. The van der Waals surface area contributed by atoms with Crippen molar-refractivity contribution < 1.29 is 19.2 Å². The summed E-state index contributed by atoms with van der Waals surface area (Å²) in [7, 11) is 1.61. The number of ether oxygens (including phenoxy) is 2. The molecule has 1 amide bonds. The minimum absolute atomic E-state index is 0.0538. The zero-order valence-electron chi connectivity index (χ0n) is 15.0. The van der Waals surface area contributed by atoms with Gasteiger partial charge in [-0.3, -0.25) is 14.9 Å². The molecule has 8 nitrogen and oxygen atoms in total. The van der Waals surface area contributed by atoms with Crippen LogP contribution in [0.2, 0.25) is 0 Å². The second-order valence-corrected chi connectivity index (χ2v) is 6.52. The Morgan fingerprint density at radius 2 is 1.96 bits per heavy atom. The maximum atomic E-state index is 12.0. The van der Waals surface area contributed by atoms with Crippen molar-refractivity contribution in [3.8, 4) is 22.1 Å². The molecule has 0 unspecified atom stereocenters. The van der Waals surface area contributed by atoms with Crippen molar-refractivity contribution in [3.63, 3.8) is 0 Å². The lowest BCUT2D eigenvalue weighted by molar-refractivity contribution is -0.385. The molecule has 1 aromatic heterocycles. The predicted molar refractivity (Wildman–Crippen MR) is 105 cm³/mol. The van der Waals surface area contributed by atoms with Crippen LogP contribution in [0.5, 0.6) is 11.5 Å². The molecule has 0 aliphatic carbocycles. The van der Waals surface area contributed by atoms with Gasteiger partial charge in [0.1, 0.15) is 10.8 Å². The summed E-state index contributed by atoms with van der Waals surface area (Å²) in [6, 6.07) is 13.5. The van der Waals surface area contributed by atoms with E-state index in [-0.39, 0.29) is 24.6 Å². The van der Waals surface area contributed by atoms with Crippen LogP contribution in [-0.2, 0) is 11.3 Å². The molecule has 144 valence electrons. The third kappa shape index (κ3) is 4.83. The number of nitrogens with zero attached hydrogens (tertiary/aromatic N) is 2. The number of para-hydroxylation sites is 2. The van der Waals surface area contributed by atoms with Crippen LogP contribution >= 0.6 is 11.3 Å². The summed E-state index contributed by atoms with van der Waals surface area (Å²) < 4.78 is 10.4. The molecular formula is C19H17N3O5S. The summed E-state index contributed by atoms with van der Waals surface area (Å²) in [5, 5.41) is 16.3.